The molecule has 0 spiro atoms. The summed E-state index contributed by atoms with van der Waals surface area (Å²) in [5, 5.41) is 0. The lowest BCUT2D eigenvalue weighted by Crippen LogP contribution is -2.26. The topological polar surface area (TPSA) is 33.2 Å². The molecule has 0 saturated carbocycles. The van der Waals surface area contributed by atoms with E-state index < -0.39 is 35.6 Å². The second kappa shape index (κ2) is 5.59. The Labute approximate surface area is 137 Å². The molecule has 23 heavy (non-hydrogen) atoms. The lowest BCUT2D eigenvalue weighted by molar-refractivity contribution is -0.138. The average molecular weight is 389 g/mol. The molecule has 3 nitrogen and oxygen atoms in total. The number of hydrogen-bond acceptors (Lipinski definition) is 2. The zero-order valence-electron chi connectivity index (χ0n) is 11.5. The maximum atomic E-state index is 14.1. The van der Waals surface area contributed by atoms with Gasteiger partial charge in [0.1, 0.15) is 5.82 Å². The van der Waals surface area contributed by atoms with Gasteiger partial charge in [0.05, 0.1) is 23.4 Å². The molecule has 2 aromatic rings. The van der Waals surface area contributed by atoms with Crippen LogP contribution in [0.5, 0.6) is 0 Å². The van der Waals surface area contributed by atoms with Crippen LogP contribution in [0, 0.1) is 5.82 Å². The Morgan fingerprint density at radius 1 is 1.30 bits per heavy atom. The minimum atomic E-state index is -4.71. The second-order valence-corrected chi connectivity index (χ2v) is 5.99. The number of benzene rings is 1. The summed E-state index contributed by atoms with van der Waals surface area (Å²) in [6.07, 6.45) is -3.22. The molecule has 0 unspecified atom stereocenters. The van der Waals surface area contributed by atoms with Gasteiger partial charge in [0, 0.05) is 22.8 Å². The third kappa shape index (κ3) is 2.95. The minimum absolute atomic E-state index is 0.0104. The first-order valence-corrected chi connectivity index (χ1v) is 7.35. The van der Waals surface area contributed by atoms with Crippen molar-refractivity contribution >= 4 is 21.8 Å². The van der Waals surface area contributed by atoms with Crippen molar-refractivity contribution in [2.45, 2.75) is 19.3 Å². The van der Waals surface area contributed by atoms with Crippen LogP contribution >= 0.6 is 15.9 Å². The summed E-state index contributed by atoms with van der Waals surface area (Å²) in [6.45, 7) is -0.412. The molecule has 120 valence electrons. The molecule has 0 N–H and O–H groups in total. The van der Waals surface area contributed by atoms with E-state index in [-0.39, 0.29) is 11.0 Å². The number of rotatable bonds is 2. The van der Waals surface area contributed by atoms with Gasteiger partial charge in [-0.25, -0.2) is 4.39 Å². The Kier molecular flexibility index (Phi) is 3.87. The molecule has 1 aromatic heterocycles. The molecule has 1 aliphatic heterocycles. The number of halogens is 5. The number of nitrogens with zero attached hydrogens (tertiary/aromatic N) is 2. The molecule has 1 aliphatic rings. The Hall–Kier alpha value is -1.96. The van der Waals surface area contributed by atoms with Crippen LogP contribution in [0.3, 0.4) is 0 Å². The first kappa shape index (κ1) is 15.9. The van der Waals surface area contributed by atoms with Crippen LogP contribution in [0.4, 0.5) is 17.6 Å². The van der Waals surface area contributed by atoms with Gasteiger partial charge in [-0.05, 0) is 24.3 Å². The minimum Gasteiger partial charge on any atom is -0.328 e. The summed E-state index contributed by atoms with van der Waals surface area (Å²) >= 11 is 2.86. The SMILES string of the molecule is O=C1c2cccnc2CN1Cc1c(F)cc(Br)cc1C(F)(F)F. The standard InChI is InChI=1S/C15H9BrF4N2O/c16-8-4-11(15(18,19)20)10(12(17)5-8)6-22-7-13-9(14(22)23)2-1-3-21-13/h1-5H,6-7H2. The van der Waals surface area contributed by atoms with Gasteiger partial charge in [-0.1, -0.05) is 15.9 Å². The van der Waals surface area contributed by atoms with E-state index in [4.69, 9.17) is 0 Å². The average Bonchev–Trinajstić information content (AvgIpc) is 2.77. The number of fused-ring (bicyclic) bond motifs is 1. The first-order chi connectivity index (χ1) is 10.8. The summed E-state index contributed by atoms with van der Waals surface area (Å²) in [5.74, 6) is -1.47. The molecule has 1 amide bonds. The van der Waals surface area contributed by atoms with Crippen LogP contribution in [-0.4, -0.2) is 15.8 Å². The number of amides is 1. The molecule has 0 saturated heterocycles. The molecule has 1 aromatic carbocycles. The number of carbonyl (C=O) groups is 1. The number of carbonyl (C=O) groups excluding carboxylic acids is 1. The van der Waals surface area contributed by atoms with Gasteiger partial charge in [0.25, 0.3) is 5.91 Å². The highest BCUT2D eigenvalue weighted by Crippen LogP contribution is 2.36. The Balaban J connectivity index is 1.98. The van der Waals surface area contributed by atoms with Crippen molar-refractivity contribution in [2.24, 2.45) is 0 Å². The molecule has 0 radical (unpaired) electrons. The largest absolute Gasteiger partial charge is 0.416 e. The third-order valence-electron chi connectivity index (χ3n) is 3.56. The van der Waals surface area contributed by atoms with Gasteiger partial charge >= 0.3 is 6.18 Å². The normalized spacial score (nSPS) is 14.3. The second-order valence-electron chi connectivity index (χ2n) is 5.07. The fraction of sp³-hybridized carbons (Fsp3) is 0.200. The highest BCUT2D eigenvalue weighted by molar-refractivity contribution is 9.10. The molecule has 2 heterocycles. The third-order valence-corrected chi connectivity index (χ3v) is 4.02. The van der Waals surface area contributed by atoms with E-state index in [2.05, 4.69) is 20.9 Å². The highest BCUT2D eigenvalue weighted by atomic mass is 79.9. The van der Waals surface area contributed by atoms with Crippen LogP contribution in [0.2, 0.25) is 0 Å². The highest BCUT2D eigenvalue weighted by Gasteiger charge is 2.37. The van der Waals surface area contributed by atoms with Crippen molar-refractivity contribution in [3.63, 3.8) is 0 Å². The predicted molar refractivity (Wildman–Crippen MR) is 76.9 cm³/mol. The number of alkyl halides is 3. The Morgan fingerprint density at radius 2 is 2.04 bits per heavy atom. The fourth-order valence-corrected chi connectivity index (χ4v) is 2.95. The fourth-order valence-electron chi connectivity index (χ4n) is 2.52. The van der Waals surface area contributed by atoms with Gasteiger partial charge in [0.15, 0.2) is 0 Å². The molecule has 0 fully saturated rings. The Morgan fingerprint density at radius 3 is 2.70 bits per heavy atom. The van der Waals surface area contributed by atoms with Crippen molar-refractivity contribution < 1.29 is 22.4 Å². The number of pyridine rings is 1. The zero-order valence-corrected chi connectivity index (χ0v) is 13.1. The maximum absolute atomic E-state index is 14.1. The lowest BCUT2D eigenvalue weighted by Gasteiger charge is -2.20. The van der Waals surface area contributed by atoms with E-state index in [9.17, 15) is 22.4 Å². The van der Waals surface area contributed by atoms with Crippen LogP contribution in [0.1, 0.15) is 27.2 Å². The van der Waals surface area contributed by atoms with E-state index in [0.717, 1.165) is 17.0 Å². The van der Waals surface area contributed by atoms with Crippen molar-refractivity contribution in [2.75, 3.05) is 0 Å². The zero-order chi connectivity index (χ0) is 16.8. The molecule has 3 rings (SSSR count). The van der Waals surface area contributed by atoms with E-state index in [1.54, 1.807) is 12.1 Å². The summed E-state index contributed by atoms with van der Waals surface area (Å²) in [7, 11) is 0. The van der Waals surface area contributed by atoms with Crippen LogP contribution in [0.15, 0.2) is 34.9 Å². The van der Waals surface area contributed by atoms with E-state index in [0.29, 0.717) is 11.3 Å². The van der Waals surface area contributed by atoms with Crippen molar-refractivity contribution in [1.29, 1.82) is 0 Å². The van der Waals surface area contributed by atoms with Crippen LogP contribution in [0.25, 0.3) is 0 Å². The molecular weight excluding hydrogens is 380 g/mol. The maximum Gasteiger partial charge on any atom is 0.416 e. The first-order valence-electron chi connectivity index (χ1n) is 6.55. The molecule has 0 aliphatic carbocycles. The van der Waals surface area contributed by atoms with Crippen molar-refractivity contribution in [3.8, 4) is 0 Å². The molecule has 0 atom stereocenters. The quantitative estimate of drug-likeness (QED) is 0.723. The molecule has 8 heteroatoms. The smallest absolute Gasteiger partial charge is 0.328 e. The summed E-state index contributed by atoms with van der Waals surface area (Å²) in [6, 6.07) is 4.88. The summed E-state index contributed by atoms with van der Waals surface area (Å²) in [4.78, 5) is 17.4. The van der Waals surface area contributed by atoms with Gasteiger partial charge in [-0.15, -0.1) is 0 Å². The summed E-state index contributed by atoms with van der Waals surface area (Å²) < 4.78 is 53.5. The Bertz CT molecular complexity index is 792. The summed E-state index contributed by atoms with van der Waals surface area (Å²) in [5.41, 5.74) is -0.842. The van der Waals surface area contributed by atoms with E-state index in [1.807, 2.05) is 0 Å². The number of aromatic nitrogens is 1. The van der Waals surface area contributed by atoms with Gasteiger partial charge in [-0.3, -0.25) is 9.78 Å². The number of hydrogen-bond donors (Lipinski definition) is 0. The van der Waals surface area contributed by atoms with Crippen molar-refractivity contribution in [1.82, 2.24) is 9.88 Å². The predicted octanol–water partition coefficient (Wildman–Crippen LogP) is 4.16. The van der Waals surface area contributed by atoms with Crippen molar-refractivity contribution in [3.05, 3.63) is 63.1 Å². The van der Waals surface area contributed by atoms with E-state index >= 15 is 0 Å². The molecular formula is C15H9BrF4N2O. The van der Waals surface area contributed by atoms with E-state index in [1.165, 1.54) is 6.20 Å². The van der Waals surface area contributed by atoms with Crippen LogP contribution < -0.4 is 0 Å². The van der Waals surface area contributed by atoms with Gasteiger partial charge in [0.2, 0.25) is 0 Å². The van der Waals surface area contributed by atoms with Gasteiger partial charge in [-0.2, -0.15) is 13.2 Å². The lowest BCUT2D eigenvalue weighted by atomic mass is 10.1. The van der Waals surface area contributed by atoms with Crippen LogP contribution in [-0.2, 0) is 19.3 Å². The molecule has 0 bridgehead atoms. The monoisotopic (exact) mass is 388 g/mol. The van der Waals surface area contributed by atoms with Gasteiger partial charge < -0.3 is 4.90 Å².